The van der Waals surface area contributed by atoms with Crippen LogP contribution in [0.4, 0.5) is 5.69 Å². The summed E-state index contributed by atoms with van der Waals surface area (Å²) < 4.78 is 6.41. The first-order valence-electron chi connectivity index (χ1n) is 6.21. The van der Waals surface area contributed by atoms with E-state index in [2.05, 4.69) is 33.4 Å². The molecule has 0 saturated heterocycles. The number of hydrogen-bond acceptors (Lipinski definition) is 3. The highest BCUT2D eigenvalue weighted by Gasteiger charge is 2.05. The lowest BCUT2D eigenvalue weighted by molar-refractivity contribution is 0.410. The van der Waals surface area contributed by atoms with Gasteiger partial charge in [-0.2, -0.15) is 5.26 Å². The Bertz CT molecular complexity index is 662. The molecule has 2 aromatic carbocycles. The van der Waals surface area contributed by atoms with E-state index in [-0.39, 0.29) is 0 Å². The Hall–Kier alpha value is -1.99. The van der Waals surface area contributed by atoms with Crippen LogP contribution in [0, 0.1) is 18.3 Å². The van der Waals surface area contributed by atoms with Gasteiger partial charge in [-0.3, -0.25) is 0 Å². The molecule has 0 atom stereocenters. The van der Waals surface area contributed by atoms with Gasteiger partial charge in [-0.1, -0.05) is 15.9 Å². The van der Waals surface area contributed by atoms with Crippen molar-refractivity contribution < 1.29 is 4.74 Å². The van der Waals surface area contributed by atoms with Crippen LogP contribution in [0.3, 0.4) is 0 Å². The van der Waals surface area contributed by atoms with Crippen molar-refractivity contribution >= 4 is 21.6 Å². The molecule has 0 bridgehead atoms. The van der Waals surface area contributed by atoms with E-state index in [1.165, 1.54) is 5.56 Å². The third-order valence-electron chi connectivity index (χ3n) is 3.05. The normalized spacial score (nSPS) is 9.90. The zero-order valence-corrected chi connectivity index (χ0v) is 13.0. The second kappa shape index (κ2) is 6.44. The fraction of sp³-hybridized carbons (Fsp3) is 0.188. The predicted octanol–water partition coefficient (Wildman–Crippen LogP) is 4.25. The topological polar surface area (TPSA) is 45.0 Å². The van der Waals surface area contributed by atoms with Gasteiger partial charge in [0.25, 0.3) is 0 Å². The maximum atomic E-state index is 8.96. The van der Waals surface area contributed by atoms with Gasteiger partial charge in [0.05, 0.1) is 18.7 Å². The number of aryl methyl sites for hydroxylation is 1. The van der Waals surface area contributed by atoms with E-state index < -0.39 is 0 Å². The maximum Gasteiger partial charge on any atom is 0.123 e. The summed E-state index contributed by atoms with van der Waals surface area (Å²) in [6.07, 6.45) is 0. The molecule has 4 heteroatoms. The molecule has 0 heterocycles. The van der Waals surface area contributed by atoms with Crippen LogP contribution in [0.25, 0.3) is 0 Å². The summed E-state index contributed by atoms with van der Waals surface area (Å²) in [5.74, 6) is 0.783. The van der Waals surface area contributed by atoms with Crippen molar-refractivity contribution in [1.82, 2.24) is 0 Å². The van der Waals surface area contributed by atoms with Crippen LogP contribution in [0.1, 0.15) is 16.7 Å². The quantitative estimate of drug-likeness (QED) is 0.911. The SMILES string of the molecule is COc1ccc(C#N)cc1CNc1ccc(Br)c(C)c1. The molecule has 20 heavy (non-hydrogen) atoms. The van der Waals surface area contributed by atoms with Gasteiger partial charge in [0.1, 0.15) is 5.75 Å². The van der Waals surface area contributed by atoms with Crippen LogP contribution in [-0.2, 0) is 6.54 Å². The van der Waals surface area contributed by atoms with Crippen molar-refractivity contribution in [2.45, 2.75) is 13.5 Å². The fourth-order valence-corrected chi connectivity index (χ4v) is 2.18. The molecule has 0 radical (unpaired) electrons. The average molecular weight is 331 g/mol. The Morgan fingerprint density at radius 2 is 2.05 bits per heavy atom. The smallest absolute Gasteiger partial charge is 0.123 e. The minimum Gasteiger partial charge on any atom is -0.496 e. The molecule has 0 amide bonds. The molecule has 2 rings (SSSR count). The molecule has 1 N–H and O–H groups in total. The zero-order valence-electron chi connectivity index (χ0n) is 11.4. The molecule has 102 valence electrons. The molecule has 0 aromatic heterocycles. The number of nitrogens with zero attached hydrogens (tertiary/aromatic N) is 1. The molecule has 0 spiro atoms. The fourth-order valence-electron chi connectivity index (χ4n) is 1.94. The number of ether oxygens (including phenoxy) is 1. The molecule has 0 aliphatic heterocycles. The molecule has 0 saturated carbocycles. The number of nitriles is 1. The van der Waals surface area contributed by atoms with Gasteiger partial charge in [-0.25, -0.2) is 0 Å². The van der Waals surface area contributed by atoms with Gasteiger partial charge in [0, 0.05) is 22.3 Å². The Morgan fingerprint density at radius 1 is 1.25 bits per heavy atom. The third kappa shape index (κ3) is 3.31. The molecule has 2 aromatic rings. The molecule has 0 fully saturated rings. The number of halogens is 1. The zero-order chi connectivity index (χ0) is 14.5. The predicted molar refractivity (Wildman–Crippen MR) is 83.9 cm³/mol. The number of hydrogen-bond donors (Lipinski definition) is 1. The second-order valence-electron chi connectivity index (χ2n) is 4.46. The van der Waals surface area contributed by atoms with E-state index in [4.69, 9.17) is 10.00 Å². The molecule has 0 aliphatic carbocycles. The van der Waals surface area contributed by atoms with Gasteiger partial charge in [-0.05, 0) is 48.9 Å². The van der Waals surface area contributed by atoms with Crippen molar-refractivity contribution in [3.63, 3.8) is 0 Å². The standard InChI is InChI=1S/C16H15BrN2O/c1-11-7-14(4-5-15(11)17)19-10-13-8-12(9-18)3-6-16(13)20-2/h3-8,19H,10H2,1-2H3. The highest BCUT2D eigenvalue weighted by Crippen LogP contribution is 2.23. The van der Waals surface area contributed by atoms with Crippen molar-refractivity contribution in [1.29, 1.82) is 5.26 Å². The van der Waals surface area contributed by atoms with E-state index in [1.54, 1.807) is 13.2 Å². The summed E-state index contributed by atoms with van der Waals surface area (Å²) in [4.78, 5) is 0. The first kappa shape index (κ1) is 14.4. The summed E-state index contributed by atoms with van der Waals surface area (Å²) >= 11 is 3.48. The Labute approximate surface area is 127 Å². The van der Waals surface area contributed by atoms with Crippen molar-refractivity contribution in [3.05, 3.63) is 57.6 Å². The Balaban J connectivity index is 2.17. The minimum atomic E-state index is 0.611. The highest BCUT2D eigenvalue weighted by molar-refractivity contribution is 9.10. The van der Waals surface area contributed by atoms with Crippen molar-refractivity contribution in [2.75, 3.05) is 12.4 Å². The van der Waals surface area contributed by atoms with Crippen LogP contribution < -0.4 is 10.1 Å². The van der Waals surface area contributed by atoms with Gasteiger partial charge >= 0.3 is 0 Å². The lowest BCUT2D eigenvalue weighted by atomic mass is 10.1. The first-order valence-corrected chi connectivity index (χ1v) is 7.00. The second-order valence-corrected chi connectivity index (χ2v) is 5.31. The van der Waals surface area contributed by atoms with E-state index in [0.717, 1.165) is 21.5 Å². The number of methoxy groups -OCH3 is 1. The maximum absolute atomic E-state index is 8.96. The van der Waals surface area contributed by atoms with Crippen LogP contribution in [0.15, 0.2) is 40.9 Å². The third-order valence-corrected chi connectivity index (χ3v) is 3.94. The van der Waals surface area contributed by atoms with Crippen molar-refractivity contribution in [2.24, 2.45) is 0 Å². The van der Waals surface area contributed by atoms with E-state index in [0.29, 0.717) is 12.1 Å². The summed E-state index contributed by atoms with van der Waals surface area (Å²) in [5, 5.41) is 12.3. The van der Waals surface area contributed by atoms with E-state index in [9.17, 15) is 0 Å². The van der Waals surface area contributed by atoms with Crippen LogP contribution in [-0.4, -0.2) is 7.11 Å². The lowest BCUT2D eigenvalue weighted by Gasteiger charge is -2.12. The summed E-state index contributed by atoms with van der Waals surface area (Å²) in [5.41, 5.74) is 3.81. The number of anilines is 1. The van der Waals surface area contributed by atoms with Gasteiger partial charge in [-0.15, -0.1) is 0 Å². The molecule has 0 unspecified atom stereocenters. The van der Waals surface area contributed by atoms with Crippen LogP contribution in [0.5, 0.6) is 5.75 Å². The monoisotopic (exact) mass is 330 g/mol. The van der Waals surface area contributed by atoms with Gasteiger partial charge in [0.2, 0.25) is 0 Å². The summed E-state index contributed by atoms with van der Waals surface area (Å²) in [7, 11) is 1.63. The number of benzene rings is 2. The van der Waals surface area contributed by atoms with Gasteiger partial charge < -0.3 is 10.1 Å². The highest BCUT2D eigenvalue weighted by atomic mass is 79.9. The lowest BCUT2D eigenvalue weighted by Crippen LogP contribution is -2.02. The van der Waals surface area contributed by atoms with Crippen LogP contribution >= 0.6 is 15.9 Å². The molecule has 3 nitrogen and oxygen atoms in total. The minimum absolute atomic E-state index is 0.611. The average Bonchev–Trinajstić information content (AvgIpc) is 2.48. The number of nitrogens with one attached hydrogen (secondary N) is 1. The largest absolute Gasteiger partial charge is 0.496 e. The van der Waals surface area contributed by atoms with Crippen molar-refractivity contribution in [3.8, 4) is 11.8 Å². The molecular weight excluding hydrogens is 316 g/mol. The summed E-state index contributed by atoms with van der Waals surface area (Å²) in [6.45, 7) is 2.66. The van der Waals surface area contributed by atoms with Gasteiger partial charge in [0.15, 0.2) is 0 Å². The number of rotatable bonds is 4. The van der Waals surface area contributed by atoms with E-state index >= 15 is 0 Å². The summed E-state index contributed by atoms with van der Waals surface area (Å²) in [6, 6.07) is 13.7. The van der Waals surface area contributed by atoms with Crippen LogP contribution in [0.2, 0.25) is 0 Å². The van der Waals surface area contributed by atoms with E-state index in [1.807, 2.05) is 31.2 Å². The Morgan fingerprint density at radius 3 is 2.70 bits per heavy atom. The molecule has 0 aliphatic rings. The molecular formula is C16H15BrN2O. The Kier molecular flexibility index (Phi) is 4.65. The first-order chi connectivity index (χ1) is 9.63.